The molecule has 27 heavy (non-hydrogen) atoms. The van der Waals surface area contributed by atoms with Gasteiger partial charge in [-0.05, 0) is 42.0 Å². The average molecular weight is 417 g/mol. The van der Waals surface area contributed by atoms with E-state index in [4.69, 9.17) is 23.2 Å². The number of hydrogen-bond donors (Lipinski definition) is 2. The van der Waals surface area contributed by atoms with E-state index in [1.54, 1.807) is 18.2 Å². The summed E-state index contributed by atoms with van der Waals surface area (Å²) in [7, 11) is 0. The third-order valence-electron chi connectivity index (χ3n) is 3.29. The molecule has 0 aliphatic rings. The van der Waals surface area contributed by atoms with Crippen molar-refractivity contribution < 1.29 is 22.8 Å². The molecule has 0 atom stereocenters. The van der Waals surface area contributed by atoms with Crippen molar-refractivity contribution in [3.05, 3.63) is 75.8 Å². The topological polar surface area (TPSA) is 58.2 Å². The standard InChI is InChI=1S/C18H13Cl2F3N2O2/c19-13-4-1-12(15(20)9-13)10-24-17(27)11-2-5-14(6-3-11)25-16(26)7-8-18(21,22)23/h1-9H,10H2,(H,24,27)(H,25,26)/b8-7+. The second kappa shape index (κ2) is 8.92. The van der Waals surface area contributed by atoms with E-state index in [0.717, 1.165) is 0 Å². The molecule has 2 aromatic rings. The lowest BCUT2D eigenvalue weighted by atomic mass is 10.1. The summed E-state index contributed by atoms with van der Waals surface area (Å²) in [5.41, 5.74) is 1.25. The van der Waals surface area contributed by atoms with Crippen LogP contribution in [0.5, 0.6) is 0 Å². The molecule has 2 N–H and O–H groups in total. The lowest BCUT2D eigenvalue weighted by Crippen LogP contribution is -2.23. The van der Waals surface area contributed by atoms with E-state index in [2.05, 4.69) is 10.6 Å². The van der Waals surface area contributed by atoms with Crippen LogP contribution in [0.1, 0.15) is 15.9 Å². The van der Waals surface area contributed by atoms with Gasteiger partial charge in [-0.3, -0.25) is 9.59 Å². The van der Waals surface area contributed by atoms with E-state index in [1.807, 2.05) is 0 Å². The second-order valence-electron chi connectivity index (χ2n) is 5.36. The second-order valence-corrected chi connectivity index (χ2v) is 6.20. The summed E-state index contributed by atoms with van der Waals surface area (Å²) < 4.78 is 36.0. The Bertz CT molecular complexity index is 866. The largest absolute Gasteiger partial charge is 0.409 e. The van der Waals surface area contributed by atoms with Gasteiger partial charge in [0, 0.05) is 40.0 Å². The van der Waals surface area contributed by atoms with Crippen molar-refractivity contribution in [2.75, 3.05) is 5.32 Å². The summed E-state index contributed by atoms with van der Waals surface area (Å²) in [6.45, 7) is 0.190. The minimum absolute atomic E-state index is 0.161. The molecule has 142 valence electrons. The van der Waals surface area contributed by atoms with Crippen LogP contribution in [-0.2, 0) is 11.3 Å². The van der Waals surface area contributed by atoms with Crippen molar-refractivity contribution in [2.45, 2.75) is 12.7 Å². The normalized spacial score (nSPS) is 11.4. The van der Waals surface area contributed by atoms with Crippen molar-refractivity contribution in [3.8, 4) is 0 Å². The molecule has 0 aliphatic carbocycles. The van der Waals surface area contributed by atoms with Crippen molar-refractivity contribution in [3.63, 3.8) is 0 Å². The Morgan fingerprint density at radius 3 is 2.30 bits per heavy atom. The Kier molecular flexibility index (Phi) is 6.87. The molecule has 0 heterocycles. The van der Waals surface area contributed by atoms with Gasteiger partial charge in [0.25, 0.3) is 5.91 Å². The maximum atomic E-state index is 12.1. The number of benzene rings is 2. The summed E-state index contributed by atoms with van der Waals surface area (Å²) in [4.78, 5) is 23.5. The highest BCUT2D eigenvalue weighted by Crippen LogP contribution is 2.21. The molecule has 0 aromatic heterocycles. The Balaban J connectivity index is 1.93. The molecule has 9 heteroatoms. The van der Waals surface area contributed by atoms with Gasteiger partial charge < -0.3 is 10.6 Å². The van der Waals surface area contributed by atoms with Crippen molar-refractivity contribution >= 4 is 40.7 Å². The molecule has 0 saturated carbocycles. The zero-order valence-electron chi connectivity index (χ0n) is 13.6. The van der Waals surface area contributed by atoms with Crippen LogP contribution in [0, 0.1) is 0 Å². The first-order valence-corrected chi connectivity index (χ1v) is 8.29. The van der Waals surface area contributed by atoms with Crippen molar-refractivity contribution in [1.29, 1.82) is 0 Å². The predicted molar refractivity (Wildman–Crippen MR) is 97.9 cm³/mol. The summed E-state index contributed by atoms with van der Waals surface area (Å²) in [6.07, 6.45) is -4.34. The fourth-order valence-electron chi connectivity index (χ4n) is 2.00. The minimum atomic E-state index is -4.56. The van der Waals surface area contributed by atoms with Crippen LogP contribution in [0.25, 0.3) is 0 Å². The van der Waals surface area contributed by atoms with E-state index in [9.17, 15) is 22.8 Å². The number of hydrogen-bond acceptors (Lipinski definition) is 2. The van der Waals surface area contributed by atoms with Gasteiger partial charge >= 0.3 is 6.18 Å². The van der Waals surface area contributed by atoms with Crippen LogP contribution in [0.3, 0.4) is 0 Å². The van der Waals surface area contributed by atoms with Gasteiger partial charge in [0.05, 0.1) is 0 Å². The van der Waals surface area contributed by atoms with Crippen LogP contribution in [0.15, 0.2) is 54.6 Å². The summed E-state index contributed by atoms with van der Waals surface area (Å²) in [6, 6.07) is 10.6. The molecule has 2 amide bonds. The van der Waals surface area contributed by atoms with Crippen molar-refractivity contribution in [2.24, 2.45) is 0 Å². The zero-order chi connectivity index (χ0) is 20.0. The SMILES string of the molecule is O=C(/C=C/C(F)(F)F)Nc1ccc(C(=O)NCc2ccc(Cl)cc2Cl)cc1. The zero-order valence-corrected chi connectivity index (χ0v) is 15.1. The molecule has 0 unspecified atom stereocenters. The molecule has 4 nitrogen and oxygen atoms in total. The molecular formula is C18H13Cl2F3N2O2. The number of alkyl halides is 3. The van der Waals surface area contributed by atoms with Crippen LogP contribution < -0.4 is 10.6 Å². The van der Waals surface area contributed by atoms with Gasteiger partial charge in [-0.25, -0.2) is 0 Å². The van der Waals surface area contributed by atoms with Crippen LogP contribution in [0.2, 0.25) is 10.0 Å². The van der Waals surface area contributed by atoms with E-state index in [0.29, 0.717) is 27.2 Å². The number of halogens is 5. The number of rotatable bonds is 5. The maximum Gasteiger partial charge on any atom is 0.409 e. The number of anilines is 1. The molecule has 0 radical (unpaired) electrons. The van der Waals surface area contributed by atoms with Crippen LogP contribution in [0.4, 0.5) is 18.9 Å². The third kappa shape index (κ3) is 6.96. The van der Waals surface area contributed by atoms with Gasteiger partial charge in [0.1, 0.15) is 0 Å². The molecule has 0 fully saturated rings. The van der Waals surface area contributed by atoms with Gasteiger partial charge in [-0.15, -0.1) is 0 Å². The fraction of sp³-hybridized carbons (Fsp3) is 0.111. The minimum Gasteiger partial charge on any atom is -0.348 e. The summed E-state index contributed by atoms with van der Waals surface area (Å²) >= 11 is 11.8. The Hall–Kier alpha value is -2.51. The maximum absolute atomic E-state index is 12.1. The number of nitrogens with one attached hydrogen (secondary N) is 2. The smallest absolute Gasteiger partial charge is 0.348 e. The predicted octanol–water partition coefficient (Wildman–Crippen LogP) is 4.98. The monoisotopic (exact) mass is 416 g/mol. The third-order valence-corrected chi connectivity index (χ3v) is 3.88. The fourth-order valence-corrected chi connectivity index (χ4v) is 2.48. The van der Waals surface area contributed by atoms with E-state index in [-0.39, 0.29) is 24.2 Å². The molecule has 2 rings (SSSR count). The first-order valence-electron chi connectivity index (χ1n) is 7.53. The van der Waals surface area contributed by atoms with Gasteiger partial charge in [0.15, 0.2) is 0 Å². The number of carbonyl (C=O) groups excluding carboxylic acids is 2. The lowest BCUT2D eigenvalue weighted by molar-refractivity contribution is -0.112. The van der Waals surface area contributed by atoms with Gasteiger partial charge in [0.2, 0.25) is 5.91 Å². The number of carbonyl (C=O) groups is 2. The molecule has 0 spiro atoms. The van der Waals surface area contributed by atoms with E-state index in [1.165, 1.54) is 24.3 Å². The highest BCUT2D eigenvalue weighted by Gasteiger charge is 2.22. The summed E-state index contributed by atoms with van der Waals surface area (Å²) in [5.74, 6) is -1.31. The Morgan fingerprint density at radius 1 is 1.04 bits per heavy atom. The Morgan fingerprint density at radius 2 is 1.70 bits per heavy atom. The van der Waals surface area contributed by atoms with E-state index < -0.39 is 12.1 Å². The van der Waals surface area contributed by atoms with Gasteiger partial charge in [-0.2, -0.15) is 13.2 Å². The lowest BCUT2D eigenvalue weighted by Gasteiger charge is -2.08. The number of allylic oxidation sites excluding steroid dienone is 1. The number of amides is 2. The first-order chi connectivity index (χ1) is 12.6. The first kappa shape index (κ1) is 20.8. The molecule has 0 saturated heterocycles. The van der Waals surface area contributed by atoms with Crippen LogP contribution >= 0.6 is 23.2 Å². The molecular weight excluding hydrogens is 404 g/mol. The van der Waals surface area contributed by atoms with Crippen LogP contribution in [-0.4, -0.2) is 18.0 Å². The average Bonchev–Trinajstić information content (AvgIpc) is 2.59. The van der Waals surface area contributed by atoms with Gasteiger partial charge in [-0.1, -0.05) is 29.3 Å². The highest BCUT2D eigenvalue weighted by atomic mass is 35.5. The quantitative estimate of drug-likeness (QED) is 0.675. The van der Waals surface area contributed by atoms with Crippen molar-refractivity contribution in [1.82, 2.24) is 5.32 Å². The summed E-state index contributed by atoms with van der Waals surface area (Å²) in [5, 5.41) is 5.85. The van der Waals surface area contributed by atoms with E-state index >= 15 is 0 Å². The molecule has 0 bridgehead atoms. The molecule has 2 aromatic carbocycles. The highest BCUT2D eigenvalue weighted by molar-refractivity contribution is 6.35. The Labute approximate surface area is 163 Å². The molecule has 0 aliphatic heterocycles.